The first-order chi connectivity index (χ1) is 8.54. The van der Waals surface area contributed by atoms with Crippen LogP contribution in [0, 0.1) is 6.92 Å². The summed E-state index contributed by atoms with van der Waals surface area (Å²) in [5.41, 5.74) is 1.58. The third-order valence-electron chi connectivity index (χ3n) is 2.46. The van der Waals surface area contributed by atoms with Crippen LogP contribution in [0.5, 0.6) is 0 Å². The van der Waals surface area contributed by atoms with E-state index in [0.717, 1.165) is 0 Å². The van der Waals surface area contributed by atoms with Crippen molar-refractivity contribution in [2.75, 3.05) is 0 Å². The van der Waals surface area contributed by atoms with Crippen molar-refractivity contribution < 1.29 is 23.4 Å². The summed E-state index contributed by atoms with van der Waals surface area (Å²) in [5.74, 6) is -2.66. The molecule has 1 aromatic rings. The zero-order chi connectivity index (χ0) is 13.7. The fourth-order valence-electron chi connectivity index (χ4n) is 1.52. The standard InChI is InChI=1S/C11H12O5P2/c1-6-4-7(2-3-8(6)5-12)9(10(13)15-17)11(14)16-18/h2-5,9H,17-18H2,1H3. The van der Waals surface area contributed by atoms with Gasteiger partial charge in [0.15, 0.2) is 5.92 Å². The Hall–Kier alpha value is -1.31. The van der Waals surface area contributed by atoms with Crippen molar-refractivity contribution in [3.8, 4) is 0 Å². The summed E-state index contributed by atoms with van der Waals surface area (Å²) in [6.45, 7) is 1.71. The number of aryl methyl sites for hydroxylation is 1. The Morgan fingerprint density at radius 1 is 1.22 bits per heavy atom. The highest BCUT2D eigenvalue weighted by molar-refractivity contribution is 7.11. The van der Waals surface area contributed by atoms with E-state index in [4.69, 9.17) is 0 Å². The number of aldehydes is 1. The fourth-order valence-corrected chi connectivity index (χ4v) is 1.79. The minimum absolute atomic E-state index is 0.415. The Morgan fingerprint density at radius 2 is 1.78 bits per heavy atom. The molecule has 0 aliphatic rings. The molecule has 18 heavy (non-hydrogen) atoms. The molecule has 0 saturated heterocycles. The van der Waals surface area contributed by atoms with E-state index in [1.54, 1.807) is 31.9 Å². The highest BCUT2D eigenvalue weighted by Gasteiger charge is 2.30. The molecular formula is C11H12O5P2. The van der Waals surface area contributed by atoms with E-state index in [-0.39, 0.29) is 0 Å². The molecule has 2 unspecified atom stereocenters. The average Bonchev–Trinajstić information content (AvgIpc) is 2.38. The van der Waals surface area contributed by atoms with Gasteiger partial charge in [0.2, 0.25) is 0 Å². The van der Waals surface area contributed by atoms with Crippen molar-refractivity contribution in [2.45, 2.75) is 12.8 Å². The molecular weight excluding hydrogens is 274 g/mol. The fraction of sp³-hybridized carbons (Fsp3) is 0.182. The Balaban J connectivity index is 3.21. The predicted octanol–water partition coefficient (Wildman–Crippen LogP) is 1.56. The van der Waals surface area contributed by atoms with Crippen LogP contribution in [-0.2, 0) is 18.6 Å². The zero-order valence-electron chi connectivity index (χ0n) is 9.58. The number of rotatable bonds is 4. The minimum Gasteiger partial charge on any atom is -0.451 e. The topological polar surface area (TPSA) is 69.7 Å². The lowest BCUT2D eigenvalue weighted by molar-refractivity contribution is -0.145. The molecule has 7 heteroatoms. The van der Waals surface area contributed by atoms with Crippen LogP contribution in [0.4, 0.5) is 0 Å². The lowest BCUT2D eigenvalue weighted by Gasteiger charge is -2.13. The van der Waals surface area contributed by atoms with E-state index in [2.05, 4.69) is 9.05 Å². The lowest BCUT2D eigenvalue weighted by Crippen LogP contribution is -2.22. The molecule has 2 atom stereocenters. The minimum atomic E-state index is -1.17. The van der Waals surface area contributed by atoms with Gasteiger partial charge >= 0.3 is 11.9 Å². The summed E-state index contributed by atoms with van der Waals surface area (Å²) in [6.07, 6.45) is 0.704. The number of carbonyl (C=O) groups is 3. The molecule has 0 spiro atoms. The molecule has 96 valence electrons. The summed E-state index contributed by atoms with van der Waals surface area (Å²) in [4.78, 5) is 33.8. The lowest BCUT2D eigenvalue weighted by atomic mass is 9.96. The van der Waals surface area contributed by atoms with Gasteiger partial charge in [-0.3, -0.25) is 14.4 Å². The van der Waals surface area contributed by atoms with Gasteiger partial charge in [-0.25, -0.2) is 0 Å². The maximum atomic E-state index is 11.6. The van der Waals surface area contributed by atoms with Crippen LogP contribution in [0.25, 0.3) is 0 Å². The second-order valence-electron chi connectivity index (χ2n) is 3.54. The molecule has 0 aliphatic carbocycles. The summed E-state index contributed by atoms with van der Waals surface area (Å²) < 4.78 is 8.97. The van der Waals surface area contributed by atoms with Gasteiger partial charge in [0.25, 0.3) is 0 Å². The van der Waals surface area contributed by atoms with Crippen molar-refractivity contribution in [3.05, 3.63) is 34.9 Å². The maximum absolute atomic E-state index is 11.6. The van der Waals surface area contributed by atoms with Crippen molar-refractivity contribution >= 4 is 37.2 Å². The van der Waals surface area contributed by atoms with Gasteiger partial charge in [-0.2, -0.15) is 0 Å². The quantitative estimate of drug-likeness (QED) is 0.477. The van der Waals surface area contributed by atoms with Crippen molar-refractivity contribution in [2.24, 2.45) is 0 Å². The summed E-state index contributed by atoms with van der Waals surface area (Å²) in [6, 6.07) is 4.64. The number of hydrogen-bond donors (Lipinski definition) is 0. The Labute approximate surface area is 109 Å². The molecule has 0 fully saturated rings. The normalized spacial score (nSPS) is 10.0. The monoisotopic (exact) mass is 286 g/mol. The van der Waals surface area contributed by atoms with Crippen LogP contribution in [-0.4, -0.2) is 18.2 Å². The van der Waals surface area contributed by atoms with Gasteiger partial charge in [0, 0.05) is 5.56 Å². The first-order valence-corrected chi connectivity index (χ1v) is 5.86. The molecule has 0 radical (unpaired) electrons. The molecule has 5 nitrogen and oxygen atoms in total. The molecule has 1 aromatic carbocycles. The summed E-state index contributed by atoms with van der Waals surface area (Å²) >= 11 is 0. The van der Waals surface area contributed by atoms with Crippen LogP contribution < -0.4 is 0 Å². The predicted molar refractivity (Wildman–Crippen MR) is 70.9 cm³/mol. The largest absolute Gasteiger partial charge is 0.451 e. The summed E-state index contributed by atoms with van der Waals surface area (Å²) in [7, 11) is 3.58. The molecule has 0 aromatic heterocycles. The SMILES string of the molecule is Cc1cc(C(C(=O)OP)C(=O)OP)ccc1C=O. The van der Waals surface area contributed by atoms with Gasteiger partial charge in [-0.1, -0.05) is 18.2 Å². The highest BCUT2D eigenvalue weighted by Crippen LogP contribution is 2.23. The Morgan fingerprint density at radius 3 is 2.17 bits per heavy atom. The zero-order valence-corrected chi connectivity index (χ0v) is 11.9. The van der Waals surface area contributed by atoms with Crippen LogP contribution in [0.2, 0.25) is 0 Å². The number of hydrogen-bond acceptors (Lipinski definition) is 5. The molecule has 0 heterocycles. The van der Waals surface area contributed by atoms with Gasteiger partial charge in [-0.15, -0.1) is 0 Å². The van der Waals surface area contributed by atoms with Crippen molar-refractivity contribution in [3.63, 3.8) is 0 Å². The Kier molecular flexibility index (Phi) is 5.39. The van der Waals surface area contributed by atoms with Gasteiger partial charge < -0.3 is 9.05 Å². The van der Waals surface area contributed by atoms with Gasteiger partial charge in [0.05, 0.1) is 18.9 Å². The van der Waals surface area contributed by atoms with E-state index in [1.807, 2.05) is 0 Å². The van der Waals surface area contributed by atoms with E-state index in [1.165, 1.54) is 12.1 Å². The summed E-state index contributed by atoms with van der Waals surface area (Å²) in [5, 5.41) is 0. The van der Waals surface area contributed by atoms with Crippen LogP contribution >= 0.6 is 18.9 Å². The molecule has 1 rings (SSSR count). The van der Waals surface area contributed by atoms with Gasteiger partial charge in [-0.05, 0) is 18.1 Å². The third-order valence-corrected chi connectivity index (χ3v) is 2.92. The second-order valence-corrected chi connectivity index (χ2v) is 4.01. The molecule has 0 saturated carbocycles. The first-order valence-electron chi connectivity index (χ1n) is 4.92. The highest BCUT2D eigenvalue weighted by atomic mass is 31.0. The smallest absolute Gasteiger partial charge is 0.327 e. The molecule has 0 N–H and O–H groups in total. The van der Waals surface area contributed by atoms with Crippen LogP contribution in [0.15, 0.2) is 18.2 Å². The van der Waals surface area contributed by atoms with Crippen molar-refractivity contribution in [1.82, 2.24) is 0 Å². The molecule has 0 bridgehead atoms. The van der Waals surface area contributed by atoms with E-state index in [0.29, 0.717) is 23.0 Å². The van der Waals surface area contributed by atoms with E-state index in [9.17, 15) is 14.4 Å². The first kappa shape index (κ1) is 14.7. The number of carbonyl (C=O) groups excluding carboxylic acids is 3. The number of benzene rings is 1. The third kappa shape index (κ3) is 3.12. The molecule has 0 amide bonds. The Bertz CT molecular complexity index is 470. The molecule has 0 aliphatic heterocycles. The second kappa shape index (κ2) is 6.58. The van der Waals surface area contributed by atoms with E-state index < -0.39 is 17.9 Å². The van der Waals surface area contributed by atoms with Crippen LogP contribution in [0.1, 0.15) is 27.4 Å². The van der Waals surface area contributed by atoms with Crippen molar-refractivity contribution in [1.29, 1.82) is 0 Å². The van der Waals surface area contributed by atoms with Gasteiger partial charge in [0.1, 0.15) is 6.29 Å². The van der Waals surface area contributed by atoms with Crippen LogP contribution in [0.3, 0.4) is 0 Å². The van der Waals surface area contributed by atoms with E-state index >= 15 is 0 Å². The average molecular weight is 286 g/mol. The maximum Gasteiger partial charge on any atom is 0.327 e.